The molecule has 0 saturated carbocycles. The molecule has 1 N–H and O–H groups in total. The van der Waals surface area contributed by atoms with Crippen LogP contribution in [-0.4, -0.2) is 25.8 Å². The number of hydrogen-bond donors (Lipinski definition) is 1. The summed E-state index contributed by atoms with van der Waals surface area (Å²) in [5.74, 6) is -0.941. The van der Waals surface area contributed by atoms with Crippen LogP contribution in [0.3, 0.4) is 0 Å². The van der Waals surface area contributed by atoms with Crippen LogP contribution in [0.5, 0.6) is 0 Å². The molecule has 96 valence electrons. The number of aromatic carboxylic acids is 1. The summed E-state index contributed by atoms with van der Waals surface area (Å²) in [7, 11) is 0. The van der Waals surface area contributed by atoms with Crippen LogP contribution in [0.1, 0.15) is 43.7 Å². The third-order valence-electron chi connectivity index (χ3n) is 2.91. The average Bonchev–Trinajstić information content (AvgIpc) is 2.68. The summed E-state index contributed by atoms with van der Waals surface area (Å²) >= 11 is 0. The number of hydrogen-bond acceptors (Lipinski definition) is 3. The topological polar surface area (TPSA) is 68.0 Å². The summed E-state index contributed by atoms with van der Waals surface area (Å²) in [5.41, 5.74) is 1.48. The second kappa shape index (κ2) is 4.08. The molecule has 2 heterocycles. The highest BCUT2D eigenvalue weighted by Crippen LogP contribution is 2.26. The lowest BCUT2D eigenvalue weighted by Crippen LogP contribution is -2.16. The van der Waals surface area contributed by atoms with Crippen molar-refractivity contribution in [3.63, 3.8) is 0 Å². The minimum absolute atomic E-state index is 0.193. The quantitative estimate of drug-likeness (QED) is 0.885. The summed E-state index contributed by atoms with van der Waals surface area (Å²) in [6.45, 7) is 8.67. The molecule has 5 nitrogen and oxygen atoms in total. The van der Waals surface area contributed by atoms with Crippen molar-refractivity contribution in [3.8, 4) is 0 Å². The third-order valence-corrected chi connectivity index (χ3v) is 2.91. The Labute approximate surface area is 105 Å². The van der Waals surface area contributed by atoms with E-state index in [0.29, 0.717) is 17.6 Å². The van der Waals surface area contributed by atoms with Crippen LogP contribution in [0.25, 0.3) is 11.0 Å². The summed E-state index contributed by atoms with van der Waals surface area (Å²) in [4.78, 5) is 15.9. The standard InChI is InChI=1S/C13H17N3O2/c1-5-16-11-9(7-14-16)8(12(17)18)6-10(15-11)13(2,3)4/h6-7H,5H2,1-4H3,(H,17,18). The first-order chi connectivity index (χ1) is 8.34. The van der Waals surface area contributed by atoms with Gasteiger partial charge >= 0.3 is 5.97 Å². The van der Waals surface area contributed by atoms with Crippen molar-refractivity contribution in [1.29, 1.82) is 0 Å². The molecule has 0 spiro atoms. The van der Waals surface area contributed by atoms with Crippen LogP contribution in [0.2, 0.25) is 0 Å². The van der Waals surface area contributed by atoms with Crippen molar-refractivity contribution in [1.82, 2.24) is 14.8 Å². The molecule has 2 aromatic heterocycles. The lowest BCUT2D eigenvalue weighted by Gasteiger charge is -2.18. The van der Waals surface area contributed by atoms with E-state index in [4.69, 9.17) is 0 Å². The molecule has 0 unspecified atom stereocenters. The second-order valence-electron chi connectivity index (χ2n) is 5.31. The zero-order chi connectivity index (χ0) is 13.5. The van der Waals surface area contributed by atoms with Gasteiger partial charge in [0, 0.05) is 17.7 Å². The van der Waals surface area contributed by atoms with E-state index in [9.17, 15) is 9.90 Å². The highest BCUT2D eigenvalue weighted by atomic mass is 16.4. The van der Waals surface area contributed by atoms with E-state index in [1.54, 1.807) is 16.9 Å². The largest absolute Gasteiger partial charge is 0.478 e. The van der Waals surface area contributed by atoms with Crippen LogP contribution < -0.4 is 0 Å². The molecule has 0 aliphatic heterocycles. The summed E-state index contributed by atoms with van der Waals surface area (Å²) in [6, 6.07) is 1.65. The molecule has 0 radical (unpaired) electrons. The van der Waals surface area contributed by atoms with E-state index in [1.165, 1.54) is 0 Å². The third kappa shape index (κ3) is 1.96. The monoisotopic (exact) mass is 247 g/mol. The van der Waals surface area contributed by atoms with Crippen molar-refractivity contribution < 1.29 is 9.90 Å². The van der Waals surface area contributed by atoms with Gasteiger partial charge in [-0.05, 0) is 13.0 Å². The van der Waals surface area contributed by atoms with Gasteiger partial charge in [0.1, 0.15) is 0 Å². The van der Waals surface area contributed by atoms with Crippen LogP contribution in [-0.2, 0) is 12.0 Å². The van der Waals surface area contributed by atoms with Crippen molar-refractivity contribution in [2.75, 3.05) is 0 Å². The van der Waals surface area contributed by atoms with Crippen LogP contribution in [0.15, 0.2) is 12.3 Å². The van der Waals surface area contributed by atoms with Crippen LogP contribution in [0.4, 0.5) is 0 Å². The van der Waals surface area contributed by atoms with E-state index in [2.05, 4.69) is 10.1 Å². The van der Waals surface area contributed by atoms with E-state index in [0.717, 1.165) is 5.69 Å². The number of aryl methyl sites for hydroxylation is 1. The number of carboxylic acids is 1. The number of aromatic nitrogens is 3. The molecule has 0 amide bonds. The summed E-state index contributed by atoms with van der Waals surface area (Å²) in [5, 5.41) is 14.1. The van der Waals surface area contributed by atoms with Crippen molar-refractivity contribution in [3.05, 3.63) is 23.5 Å². The van der Waals surface area contributed by atoms with E-state index in [-0.39, 0.29) is 11.0 Å². The predicted molar refractivity (Wildman–Crippen MR) is 68.9 cm³/mol. The zero-order valence-electron chi connectivity index (χ0n) is 11.1. The Hall–Kier alpha value is -1.91. The molecule has 2 aromatic rings. The highest BCUT2D eigenvalue weighted by Gasteiger charge is 2.21. The number of pyridine rings is 1. The Morgan fingerprint density at radius 2 is 2.11 bits per heavy atom. The minimum Gasteiger partial charge on any atom is -0.478 e. The van der Waals surface area contributed by atoms with Gasteiger partial charge in [0.05, 0.1) is 17.1 Å². The molecule has 0 atom stereocenters. The van der Waals surface area contributed by atoms with Crippen LogP contribution in [0, 0.1) is 0 Å². The van der Waals surface area contributed by atoms with Gasteiger partial charge in [-0.2, -0.15) is 5.10 Å². The molecule has 5 heteroatoms. The first-order valence-electron chi connectivity index (χ1n) is 5.95. The fourth-order valence-corrected chi connectivity index (χ4v) is 1.84. The number of carboxylic acid groups (broad SMARTS) is 1. The SMILES string of the molecule is CCn1ncc2c(C(=O)O)cc(C(C)(C)C)nc21. The van der Waals surface area contributed by atoms with Gasteiger partial charge in [0.15, 0.2) is 5.65 Å². The van der Waals surface area contributed by atoms with Gasteiger partial charge in [0.2, 0.25) is 0 Å². The maximum absolute atomic E-state index is 11.3. The molecule has 0 bridgehead atoms. The molecule has 2 rings (SSSR count). The first kappa shape index (κ1) is 12.5. The van der Waals surface area contributed by atoms with Crippen molar-refractivity contribution in [2.24, 2.45) is 0 Å². The predicted octanol–water partition coefficient (Wildman–Crippen LogP) is 2.45. The maximum atomic E-state index is 11.3. The Balaban J connectivity index is 2.81. The second-order valence-corrected chi connectivity index (χ2v) is 5.31. The minimum atomic E-state index is -0.941. The van der Waals surface area contributed by atoms with Gasteiger partial charge in [-0.3, -0.25) is 0 Å². The number of nitrogens with zero attached hydrogens (tertiary/aromatic N) is 3. The molecule has 0 fully saturated rings. The average molecular weight is 247 g/mol. The van der Waals surface area contributed by atoms with E-state index >= 15 is 0 Å². The normalized spacial score (nSPS) is 12.0. The molecular weight excluding hydrogens is 230 g/mol. The smallest absolute Gasteiger partial charge is 0.336 e. The Morgan fingerprint density at radius 1 is 1.44 bits per heavy atom. The molecule has 0 aliphatic rings. The van der Waals surface area contributed by atoms with Gasteiger partial charge in [0.25, 0.3) is 0 Å². The zero-order valence-corrected chi connectivity index (χ0v) is 11.1. The first-order valence-corrected chi connectivity index (χ1v) is 5.95. The summed E-state index contributed by atoms with van der Waals surface area (Å²) < 4.78 is 1.72. The van der Waals surface area contributed by atoms with Crippen LogP contribution >= 0.6 is 0 Å². The molecule has 0 aliphatic carbocycles. The Morgan fingerprint density at radius 3 is 2.61 bits per heavy atom. The Kier molecular flexibility index (Phi) is 2.84. The van der Waals surface area contributed by atoms with Crippen molar-refractivity contribution >= 4 is 17.0 Å². The molecule has 0 aromatic carbocycles. The van der Waals surface area contributed by atoms with E-state index in [1.807, 2.05) is 27.7 Å². The fourth-order valence-electron chi connectivity index (χ4n) is 1.84. The van der Waals surface area contributed by atoms with Crippen molar-refractivity contribution in [2.45, 2.75) is 39.7 Å². The Bertz CT molecular complexity index is 608. The fraction of sp³-hybridized carbons (Fsp3) is 0.462. The maximum Gasteiger partial charge on any atom is 0.336 e. The molecule has 0 saturated heterocycles. The van der Waals surface area contributed by atoms with E-state index < -0.39 is 5.97 Å². The van der Waals surface area contributed by atoms with Gasteiger partial charge in [-0.25, -0.2) is 14.5 Å². The lowest BCUT2D eigenvalue weighted by atomic mass is 9.90. The summed E-state index contributed by atoms with van der Waals surface area (Å²) in [6.07, 6.45) is 1.57. The number of fused-ring (bicyclic) bond motifs is 1. The lowest BCUT2D eigenvalue weighted by molar-refractivity contribution is 0.0699. The van der Waals surface area contributed by atoms with Gasteiger partial charge < -0.3 is 5.11 Å². The highest BCUT2D eigenvalue weighted by molar-refractivity contribution is 6.01. The van der Waals surface area contributed by atoms with Gasteiger partial charge in [-0.15, -0.1) is 0 Å². The molecule has 18 heavy (non-hydrogen) atoms. The molecular formula is C13H17N3O2. The number of rotatable bonds is 2. The number of carbonyl (C=O) groups is 1. The van der Waals surface area contributed by atoms with Gasteiger partial charge in [-0.1, -0.05) is 20.8 Å².